The van der Waals surface area contributed by atoms with Gasteiger partial charge >= 0.3 is 0 Å². The number of allylic oxidation sites excluding steroid dienone is 4. The van der Waals surface area contributed by atoms with Crippen LogP contribution >= 0.6 is 0 Å². The molecule has 0 saturated heterocycles. The Bertz CT molecular complexity index is 260. The molecule has 0 heterocycles. The lowest BCUT2D eigenvalue weighted by Gasteiger charge is -2.15. The average molecular weight is 271 g/mol. The lowest BCUT2D eigenvalue weighted by molar-refractivity contribution is 0.622. The molecular weight excluding hydrogens is 240 g/mol. The summed E-state index contributed by atoms with van der Waals surface area (Å²) in [5.41, 5.74) is 5.46. The van der Waals surface area contributed by atoms with Gasteiger partial charge in [0, 0.05) is 0 Å². The number of rotatable bonds is 13. The van der Waals surface area contributed by atoms with Crippen molar-refractivity contribution in [3.8, 4) is 0 Å². The molecule has 0 aliphatic heterocycles. The van der Waals surface area contributed by atoms with E-state index >= 15 is 0 Å². The molecule has 1 nitrogen and oxygen atoms in total. The van der Waals surface area contributed by atoms with Gasteiger partial charge in [0.05, 0.1) is 15.7 Å². The van der Waals surface area contributed by atoms with Gasteiger partial charge in [-0.25, -0.2) is 0 Å². The molecule has 0 aliphatic carbocycles. The zero-order valence-corrected chi connectivity index (χ0v) is 13.3. The maximum Gasteiger partial charge on any atom is 0.0728 e. The first-order valence-electron chi connectivity index (χ1n) is 8.25. The summed E-state index contributed by atoms with van der Waals surface area (Å²) in [7, 11) is 12.0. The summed E-state index contributed by atoms with van der Waals surface area (Å²) < 4.78 is 0. The molecule has 0 unspecified atom stereocenters. The Kier molecular flexibility index (Phi) is 13.3. The molecule has 110 valence electrons. The standard InChI is InChI=1S/C17H31B2N/c1-2-3-4-8-11-14-17(18,19)15-12-9-6-5-7-10-13-16-20/h11-12,14-15H,2-10,13,16,20H2,1H3/b14-11-,15-12-. The van der Waals surface area contributed by atoms with Crippen LogP contribution in [0.1, 0.15) is 71.1 Å². The minimum Gasteiger partial charge on any atom is -0.330 e. The second-order valence-corrected chi connectivity index (χ2v) is 5.65. The molecule has 0 atom stereocenters. The number of unbranched alkanes of at least 4 members (excludes halogenated alkanes) is 8. The summed E-state index contributed by atoms with van der Waals surface area (Å²) in [5.74, 6) is 0. The number of nitrogens with two attached hydrogens (primary N) is 1. The van der Waals surface area contributed by atoms with Crippen molar-refractivity contribution in [1.82, 2.24) is 0 Å². The lowest BCUT2D eigenvalue weighted by Crippen LogP contribution is -2.05. The van der Waals surface area contributed by atoms with Crippen LogP contribution in [0.25, 0.3) is 0 Å². The Labute approximate surface area is 129 Å². The summed E-state index contributed by atoms with van der Waals surface area (Å²) in [6, 6.07) is 0. The van der Waals surface area contributed by atoms with Crippen LogP contribution in [0.4, 0.5) is 0 Å². The lowest BCUT2D eigenvalue weighted by atomic mass is 9.54. The molecule has 0 aromatic rings. The Morgan fingerprint density at radius 1 is 0.800 bits per heavy atom. The van der Waals surface area contributed by atoms with Crippen LogP contribution in [0.15, 0.2) is 24.3 Å². The molecule has 0 amide bonds. The highest BCUT2D eigenvalue weighted by molar-refractivity contribution is 6.42. The Balaban J connectivity index is 3.64. The summed E-state index contributed by atoms with van der Waals surface area (Å²) in [6.45, 7) is 3.02. The fourth-order valence-corrected chi connectivity index (χ4v) is 2.08. The van der Waals surface area contributed by atoms with Gasteiger partial charge in [-0.15, -0.1) is 0 Å². The molecule has 0 aromatic heterocycles. The van der Waals surface area contributed by atoms with E-state index in [-0.39, 0.29) is 0 Å². The number of hydrogen-bond donors (Lipinski definition) is 1. The maximum absolute atomic E-state index is 6.00. The molecule has 0 fully saturated rings. The molecule has 0 bridgehead atoms. The Morgan fingerprint density at radius 3 is 1.85 bits per heavy atom. The van der Waals surface area contributed by atoms with Crippen molar-refractivity contribution in [1.29, 1.82) is 0 Å². The fraction of sp³-hybridized carbons (Fsp3) is 0.765. The van der Waals surface area contributed by atoms with Gasteiger partial charge < -0.3 is 5.73 Å². The van der Waals surface area contributed by atoms with E-state index in [2.05, 4.69) is 19.1 Å². The first-order chi connectivity index (χ1) is 9.62. The first kappa shape index (κ1) is 19.6. The smallest absolute Gasteiger partial charge is 0.0728 e. The third-order valence-corrected chi connectivity index (χ3v) is 3.36. The van der Waals surface area contributed by atoms with Crippen molar-refractivity contribution in [3.05, 3.63) is 24.3 Å². The SMILES string of the molecule is [B]C([B])(/C=C\CCCCC)/C=C\CCCCCCCN. The van der Waals surface area contributed by atoms with Crippen LogP contribution in [0, 0.1) is 0 Å². The highest BCUT2D eigenvalue weighted by Gasteiger charge is 2.06. The van der Waals surface area contributed by atoms with Crippen LogP contribution in [-0.4, -0.2) is 22.2 Å². The predicted octanol–water partition coefficient (Wildman–Crippen LogP) is 4.43. The van der Waals surface area contributed by atoms with Crippen LogP contribution < -0.4 is 5.73 Å². The summed E-state index contributed by atoms with van der Waals surface area (Å²) in [6.07, 6.45) is 20.1. The van der Waals surface area contributed by atoms with Gasteiger partial charge in [0.15, 0.2) is 0 Å². The van der Waals surface area contributed by atoms with Gasteiger partial charge in [-0.05, 0) is 38.6 Å². The third kappa shape index (κ3) is 14.0. The Hall–Kier alpha value is -0.430. The third-order valence-electron chi connectivity index (χ3n) is 3.36. The summed E-state index contributed by atoms with van der Waals surface area (Å²) in [5, 5.41) is -0.786. The van der Waals surface area contributed by atoms with Gasteiger partial charge in [0.25, 0.3) is 0 Å². The average Bonchev–Trinajstić information content (AvgIpc) is 2.41. The van der Waals surface area contributed by atoms with E-state index in [1.165, 1.54) is 44.9 Å². The van der Waals surface area contributed by atoms with E-state index in [1.807, 2.05) is 12.2 Å². The van der Waals surface area contributed by atoms with Crippen molar-refractivity contribution >= 4 is 15.7 Å². The van der Waals surface area contributed by atoms with Crippen molar-refractivity contribution < 1.29 is 0 Å². The van der Waals surface area contributed by atoms with E-state index in [9.17, 15) is 0 Å². The molecule has 0 rings (SSSR count). The van der Waals surface area contributed by atoms with Crippen LogP contribution in [0.5, 0.6) is 0 Å². The van der Waals surface area contributed by atoms with E-state index in [0.717, 1.165) is 25.8 Å². The van der Waals surface area contributed by atoms with Crippen molar-refractivity contribution in [2.45, 2.75) is 76.3 Å². The van der Waals surface area contributed by atoms with Gasteiger partial charge in [-0.3, -0.25) is 0 Å². The van der Waals surface area contributed by atoms with Gasteiger partial charge in [-0.1, -0.05) is 68.5 Å². The second-order valence-electron chi connectivity index (χ2n) is 5.65. The van der Waals surface area contributed by atoms with Gasteiger partial charge in [0.2, 0.25) is 0 Å². The molecule has 3 heteroatoms. The highest BCUT2D eigenvalue weighted by Crippen LogP contribution is 2.21. The van der Waals surface area contributed by atoms with Crippen LogP contribution in [-0.2, 0) is 0 Å². The molecule has 20 heavy (non-hydrogen) atoms. The quantitative estimate of drug-likeness (QED) is 0.299. The van der Waals surface area contributed by atoms with Gasteiger partial charge in [0.1, 0.15) is 0 Å². The summed E-state index contributed by atoms with van der Waals surface area (Å²) >= 11 is 0. The molecule has 0 aliphatic rings. The molecule has 0 spiro atoms. The largest absolute Gasteiger partial charge is 0.330 e. The van der Waals surface area contributed by atoms with Crippen LogP contribution in [0.3, 0.4) is 0 Å². The normalized spacial score (nSPS) is 12.7. The minimum absolute atomic E-state index is 0.786. The van der Waals surface area contributed by atoms with Crippen molar-refractivity contribution in [2.24, 2.45) is 5.73 Å². The van der Waals surface area contributed by atoms with Crippen LogP contribution in [0.2, 0.25) is 5.21 Å². The first-order valence-corrected chi connectivity index (χ1v) is 8.25. The van der Waals surface area contributed by atoms with E-state index in [0.29, 0.717) is 0 Å². The summed E-state index contributed by atoms with van der Waals surface area (Å²) in [4.78, 5) is 0. The monoisotopic (exact) mass is 271 g/mol. The molecule has 0 saturated carbocycles. The molecule has 0 aromatic carbocycles. The van der Waals surface area contributed by atoms with Gasteiger partial charge in [-0.2, -0.15) is 0 Å². The maximum atomic E-state index is 6.00. The molecule has 4 radical (unpaired) electrons. The van der Waals surface area contributed by atoms with E-state index < -0.39 is 5.21 Å². The van der Waals surface area contributed by atoms with E-state index in [1.54, 1.807) is 0 Å². The Morgan fingerprint density at radius 2 is 1.30 bits per heavy atom. The van der Waals surface area contributed by atoms with Crippen molar-refractivity contribution in [2.75, 3.05) is 6.54 Å². The zero-order chi connectivity index (χ0) is 15.1. The second kappa shape index (κ2) is 13.5. The van der Waals surface area contributed by atoms with Crippen molar-refractivity contribution in [3.63, 3.8) is 0 Å². The minimum atomic E-state index is -0.786. The number of hydrogen-bond acceptors (Lipinski definition) is 1. The zero-order valence-electron chi connectivity index (χ0n) is 13.3. The molecular formula is C17H31B2N. The fourth-order valence-electron chi connectivity index (χ4n) is 2.08. The topological polar surface area (TPSA) is 26.0 Å². The van der Waals surface area contributed by atoms with E-state index in [4.69, 9.17) is 21.4 Å². The predicted molar refractivity (Wildman–Crippen MR) is 93.4 cm³/mol. The molecule has 2 N–H and O–H groups in total. The highest BCUT2D eigenvalue weighted by atomic mass is 14.5.